The summed E-state index contributed by atoms with van der Waals surface area (Å²) in [5, 5.41) is 1.10. The summed E-state index contributed by atoms with van der Waals surface area (Å²) >= 11 is 13.2. The van der Waals surface area contributed by atoms with Crippen molar-refractivity contribution in [3.05, 3.63) is 57.9 Å². The zero-order valence-electron chi connectivity index (χ0n) is 17.6. The van der Waals surface area contributed by atoms with Crippen LogP contribution < -0.4 is 4.74 Å². The zero-order chi connectivity index (χ0) is 22.2. The van der Waals surface area contributed by atoms with E-state index < -0.39 is 0 Å². The number of methoxy groups -OCH3 is 1. The van der Waals surface area contributed by atoms with Crippen molar-refractivity contribution >= 4 is 29.1 Å². The first-order chi connectivity index (χ1) is 15.5. The van der Waals surface area contributed by atoms with Crippen molar-refractivity contribution in [2.75, 3.05) is 13.7 Å². The van der Waals surface area contributed by atoms with Crippen LogP contribution in [0.2, 0.25) is 10.0 Å². The van der Waals surface area contributed by atoms with Crippen LogP contribution in [0.5, 0.6) is 6.01 Å². The number of nitrogens with one attached hydrogen (secondary N) is 1. The number of H-pyrrole nitrogens is 1. The molecule has 5 rings (SSSR count). The number of carbonyl (C=O) groups excluding carboxylic acids is 1. The molecule has 1 unspecified atom stereocenters. The van der Waals surface area contributed by atoms with Gasteiger partial charge < -0.3 is 14.6 Å². The molecule has 0 radical (unpaired) electrons. The molecule has 1 saturated heterocycles. The third-order valence-electron chi connectivity index (χ3n) is 6.49. The highest BCUT2D eigenvalue weighted by atomic mass is 35.5. The Labute approximate surface area is 196 Å². The highest BCUT2D eigenvalue weighted by Gasteiger charge is 2.38. The van der Waals surface area contributed by atoms with Gasteiger partial charge in [0, 0.05) is 58.6 Å². The Bertz CT molecular complexity index is 1120. The number of aromatic amines is 1. The van der Waals surface area contributed by atoms with Gasteiger partial charge in [-0.1, -0.05) is 23.2 Å². The Kier molecular flexibility index (Phi) is 5.78. The minimum atomic E-state index is -0.110. The number of aromatic nitrogens is 4. The van der Waals surface area contributed by atoms with E-state index in [-0.39, 0.29) is 17.9 Å². The van der Waals surface area contributed by atoms with Crippen LogP contribution in [0.15, 0.2) is 30.9 Å². The quantitative estimate of drug-likeness (QED) is 0.604. The molecule has 0 bridgehead atoms. The first-order valence-electron chi connectivity index (χ1n) is 10.7. The summed E-state index contributed by atoms with van der Waals surface area (Å²) in [6.07, 6.45) is 9.14. The Morgan fingerprint density at radius 3 is 2.59 bits per heavy atom. The summed E-state index contributed by atoms with van der Waals surface area (Å²) in [5.41, 5.74) is 4.71. The topological polar surface area (TPSA) is 84.0 Å². The fourth-order valence-electron chi connectivity index (χ4n) is 4.74. The molecule has 7 nitrogen and oxygen atoms in total. The second-order valence-corrected chi connectivity index (χ2v) is 9.14. The van der Waals surface area contributed by atoms with Crippen molar-refractivity contribution < 1.29 is 9.53 Å². The Balaban J connectivity index is 1.30. The van der Waals surface area contributed by atoms with Gasteiger partial charge >= 0.3 is 6.01 Å². The van der Waals surface area contributed by atoms with Crippen LogP contribution in [0.4, 0.5) is 0 Å². The van der Waals surface area contributed by atoms with Crippen LogP contribution in [-0.2, 0) is 24.1 Å². The smallest absolute Gasteiger partial charge is 0.316 e. The van der Waals surface area contributed by atoms with Gasteiger partial charge in [0.05, 0.1) is 19.1 Å². The fourth-order valence-corrected chi connectivity index (χ4v) is 5.38. The first kappa shape index (κ1) is 21.2. The maximum absolute atomic E-state index is 13.2. The van der Waals surface area contributed by atoms with Crippen molar-refractivity contribution in [3.8, 4) is 17.1 Å². The molecule has 0 saturated carbocycles. The Morgan fingerprint density at radius 2 is 1.88 bits per heavy atom. The minimum Gasteiger partial charge on any atom is -0.467 e. The molecule has 1 aromatic carbocycles. The lowest BCUT2D eigenvalue weighted by Gasteiger charge is -2.31. The van der Waals surface area contributed by atoms with Crippen molar-refractivity contribution in [2.45, 2.75) is 38.1 Å². The van der Waals surface area contributed by atoms with Crippen LogP contribution >= 0.6 is 23.2 Å². The molecule has 1 aliphatic heterocycles. The van der Waals surface area contributed by atoms with E-state index in [0.717, 1.165) is 54.6 Å². The van der Waals surface area contributed by atoms with E-state index in [4.69, 9.17) is 27.9 Å². The number of aryl methyl sites for hydroxylation is 1. The van der Waals surface area contributed by atoms with Gasteiger partial charge in [-0.3, -0.25) is 4.79 Å². The van der Waals surface area contributed by atoms with Gasteiger partial charge in [0.25, 0.3) is 0 Å². The summed E-state index contributed by atoms with van der Waals surface area (Å²) in [6.45, 7) is 0.768. The standard InChI is InChI=1S/C23H23Cl2N5O2/c1-32-23-26-10-15(11-27-23)14-7-18(24)17(19(25)8-14)6-13-4-5-30(22(13)31)16-2-3-20-21(9-16)29-12-28-20/h7-8,10-13,16H,2-6,9H2,1H3,(H,28,29)/t13-,16?/m0/s1. The normalized spacial score (nSPS) is 20.5. The van der Waals surface area contributed by atoms with Crippen LogP contribution in [0.25, 0.3) is 11.1 Å². The SMILES string of the molecule is COc1ncc(-c2cc(Cl)c(C[C@@H]3CCN(C4CCc5[nH]cnc5C4)C3=O)c(Cl)c2)cn1. The minimum absolute atomic E-state index is 0.110. The predicted octanol–water partition coefficient (Wildman–Crippen LogP) is 4.13. The van der Waals surface area contributed by atoms with Gasteiger partial charge in [-0.15, -0.1) is 0 Å². The molecule has 0 spiro atoms. The van der Waals surface area contributed by atoms with E-state index in [2.05, 4.69) is 19.9 Å². The second-order valence-electron chi connectivity index (χ2n) is 8.32. The molecule has 3 heterocycles. The maximum atomic E-state index is 13.2. The van der Waals surface area contributed by atoms with Crippen molar-refractivity contribution in [2.24, 2.45) is 5.92 Å². The van der Waals surface area contributed by atoms with E-state index >= 15 is 0 Å². The average Bonchev–Trinajstić information content (AvgIpc) is 3.42. The number of fused-ring (bicyclic) bond motifs is 1. The second kappa shape index (κ2) is 8.71. The third kappa shape index (κ3) is 3.95. The summed E-state index contributed by atoms with van der Waals surface area (Å²) in [7, 11) is 1.52. The lowest BCUT2D eigenvalue weighted by atomic mass is 9.94. The largest absolute Gasteiger partial charge is 0.467 e. The van der Waals surface area contributed by atoms with Gasteiger partial charge in [-0.25, -0.2) is 15.0 Å². The number of ether oxygens (including phenoxy) is 1. The van der Waals surface area contributed by atoms with Gasteiger partial charge in [-0.05, 0) is 48.9 Å². The molecule has 32 heavy (non-hydrogen) atoms. The Morgan fingerprint density at radius 1 is 1.12 bits per heavy atom. The molecule has 1 amide bonds. The maximum Gasteiger partial charge on any atom is 0.316 e. The summed E-state index contributed by atoms with van der Waals surface area (Å²) < 4.78 is 5.01. The van der Waals surface area contributed by atoms with Gasteiger partial charge in [0.2, 0.25) is 5.91 Å². The van der Waals surface area contributed by atoms with Crippen LogP contribution in [-0.4, -0.2) is 50.4 Å². The van der Waals surface area contributed by atoms with Crippen LogP contribution in [0.1, 0.15) is 29.8 Å². The Hall–Kier alpha value is -2.64. The van der Waals surface area contributed by atoms with E-state index in [9.17, 15) is 4.79 Å². The van der Waals surface area contributed by atoms with Gasteiger partial charge in [-0.2, -0.15) is 0 Å². The molecule has 9 heteroatoms. The third-order valence-corrected chi connectivity index (χ3v) is 7.17. The molecule has 1 aliphatic carbocycles. The number of imidazole rings is 1. The van der Waals surface area contributed by atoms with Crippen molar-refractivity contribution in [1.82, 2.24) is 24.8 Å². The van der Waals surface area contributed by atoms with E-state index in [1.54, 1.807) is 18.7 Å². The number of halogens is 2. The molecule has 2 aliphatic rings. The average molecular weight is 472 g/mol. The monoisotopic (exact) mass is 471 g/mol. The predicted molar refractivity (Wildman–Crippen MR) is 122 cm³/mol. The molecule has 2 atom stereocenters. The number of hydrogen-bond acceptors (Lipinski definition) is 5. The molecule has 1 fully saturated rings. The summed E-state index contributed by atoms with van der Waals surface area (Å²) in [6, 6.07) is 4.22. The molecule has 3 aromatic rings. The highest BCUT2D eigenvalue weighted by Crippen LogP contribution is 2.36. The van der Waals surface area contributed by atoms with Crippen LogP contribution in [0, 0.1) is 5.92 Å². The molecular weight excluding hydrogens is 449 g/mol. The molecule has 2 aromatic heterocycles. The lowest BCUT2D eigenvalue weighted by Crippen LogP contribution is -2.41. The summed E-state index contributed by atoms with van der Waals surface area (Å²) in [4.78, 5) is 31.1. The number of likely N-dealkylation sites (tertiary alicyclic amines) is 1. The molecule has 1 N–H and O–H groups in total. The fraction of sp³-hybridized carbons (Fsp3) is 0.391. The summed E-state index contributed by atoms with van der Waals surface area (Å²) in [5.74, 6) is 0.0782. The molecular formula is C23H23Cl2N5O2. The van der Waals surface area contributed by atoms with Crippen LogP contribution in [0.3, 0.4) is 0 Å². The van der Waals surface area contributed by atoms with E-state index in [1.807, 2.05) is 17.0 Å². The lowest BCUT2D eigenvalue weighted by molar-refractivity contribution is -0.133. The zero-order valence-corrected chi connectivity index (χ0v) is 19.2. The number of hydrogen-bond donors (Lipinski definition) is 1. The van der Waals surface area contributed by atoms with Gasteiger partial charge in [0.15, 0.2) is 0 Å². The highest BCUT2D eigenvalue weighted by molar-refractivity contribution is 6.36. The van der Waals surface area contributed by atoms with E-state index in [0.29, 0.717) is 22.5 Å². The number of amides is 1. The van der Waals surface area contributed by atoms with Crippen molar-refractivity contribution in [1.29, 1.82) is 0 Å². The number of benzene rings is 1. The van der Waals surface area contributed by atoms with Crippen molar-refractivity contribution in [3.63, 3.8) is 0 Å². The van der Waals surface area contributed by atoms with E-state index in [1.165, 1.54) is 12.8 Å². The van der Waals surface area contributed by atoms with Gasteiger partial charge in [0.1, 0.15) is 0 Å². The first-order valence-corrected chi connectivity index (χ1v) is 11.4. The number of rotatable bonds is 5. The number of nitrogens with zero attached hydrogens (tertiary/aromatic N) is 4. The molecule has 166 valence electrons. The number of carbonyl (C=O) groups is 1.